The van der Waals surface area contributed by atoms with Gasteiger partial charge in [0.15, 0.2) is 0 Å². The molecular formula is C13H15F3N6O. The van der Waals surface area contributed by atoms with Gasteiger partial charge in [-0.1, -0.05) is 0 Å². The highest BCUT2D eigenvalue weighted by molar-refractivity contribution is 5.31. The van der Waals surface area contributed by atoms with Crippen LogP contribution >= 0.6 is 0 Å². The summed E-state index contributed by atoms with van der Waals surface area (Å²) >= 11 is 0. The molecule has 124 valence electrons. The van der Waals surface area contributed by atoms with Crippen LogP contribution in [0.2, 0.25) is 0 Å². The first kappa shape index (κ1) is 15.7. The molecular weight excluding hydrogens is 313 g/mol. The number of piperidine rings is 1. The zero-order valence-corrected chi connectivity index (χ0v) is 12.1. The van der Waals surface area contributed by atoms with Crippen molar-refractivity contribution < 1.29 is 18.3 Å². The van der Waals surface area contributed by atoms with Gasteiger partial charge in [0.05, 0.1) is 24.4 Å². The summed E-state index contributed by atoms with van der Waals surface area (Å²) in [5.41, 5.74) is -0.341. The standard InChI is InChI=1S/C13H15F3N6O/c14-13(15,16)9-5-17-12(18-6-9)21-3-1-11(2-4-21)22-19-7-10(8-23)20-22/h5-7,11,23H,1-4,8H2. The minimum absolute atomic E-state index is 0.0981. The lowest BCUT2D eigenvalue weighted by Gasteiger charge is -2.31. The first-order valence-electron chi connectivity index (χ1n) is 7.13. The number of halogens is 3. The summed E-state index contributed by atoms with van der Waals surface area (Å²) in [6.07, 6.45) is 0.148. The van der Waals surface area contributed by atoms with Gasteiger partial charge in [0, 0.05) is 25.5 Å². The van der Waals surface area contributed by atoms with Crippen LogP contribution in [0.25, 0.3) is 0 Å². The van der Waals surface area contributed by atoms with E-state index in [1.807, 2.05) is 4.90 Å². The number of anilines is 1. The van der Waals surface area contributed by atoms with Crippen molar-refractivity contribution in [3.63, 3.8) is 0 Å². The molecule has 1 N–H and O–H groups in total. The van der Waals surface area contributed by atoms with E-state index in [0.717, 1.165) is 25.2 Å². The Morgan fingerprint density at radius 1 is 1.13 bits per heavy atom. The molecule has 1 saturated heterocycles. The molecule has 0 spiro atoms. The van der Waals surface area contributed by atoms with Crippen LogP contribution in [-0.4, -0.2) is 43.2 Å². The SMILES string of the molecule is OCc1cnn(C2CCN(c3ncc(C(F)(F)F)cn3)CC2)n1. The van der Waals surface area contributed by atoms with E-state index in [2.05, 4.69) is 20.2 Å². The molecule has 0 amide bonds. The van der Waals surface area contributed by atoms with Gasteiger partial charge < -0.3 is 10.0 Å². The van der Waals surface area contributed by atoms with E-state index in [4.69, 9.17) is 5.11 Å². The van der Waals surface area contributed by atoms with Crippen molar-refractivity contribution in [2.24, 2.45) is 0 Å². The van der Waals surface area contributed by atoms with Gasteiger partial charge in [-0.2, -0.15) is 28.2 Å². The maximum atomic E-state index is 12.5. The van der Waals surface area contributed by atoms with Gasteiger partial charge in [-0.15, -0.1) is 0 Å². The van der Waals surface area contributed by atoms with E-state index >= 15 is 0 Å². The summed E-state index contributed by atoms with van der Waals surface area (Å²) in [7, 11) is 0. The maximum Gasteiger partial charge on any atom is 0.419 e. The van der Waals surface area contributed by atoms with Crippen LogP contribution in [0, 0.1) is 0 Å². The van der Waals surface area contributed by atoms with E-state index in [1.165, 1.54) is 6.20 Å². The van der Waals surface area contributed by atoms with Crippen molar-refractivity contribution in [3.05, 3.63) is 29.8 Å². The van der Waals surface area contributed by atoms with Crippen molar-refractivity contribution >= 4 is 5.95 Å². The van der Waals surface area contributed by atoms with E-state index in [0.29, 0.717) is 24.7 Å². The number of alkyl halides is 3. The second-order valence-electron chi connectivity index (χ2n) is 5.30. The lowest BCUT2D eigenvalue weighted by atomic mass is 10.1. The molecule has 10 heteroatoms. The van der Waals surface area contributed by atoms with E-state index < -0.39 is 11.7 Å². The number of aliphatic hydroxyl groups is 1. The Morgan fingerprint density at radius 3 is 2.30 bits per heavy atom. The third kappa shape index (κ3) is 3.41. The Morgan fingerprint density at radius 2 is 1.78 bits per heavy atom. The largest absolute Gasteiger partial charge is 0.419 e. The summed E-state index contributed by atoms with van der Waals surface area (Å²) in [6, 6.07) is 0.0981. The Labute approximate surface area is 129 Å². The van der Waals surface area contributed by atoms with Gasteiger partial charge in [0.1, 0.15) is 5.69 Å². The second-order valence-corrected chi connectivity index (χ2v) is 5.30. The molecule has 0 bridgehead atoms. The van der Waals surface area contributed by atoms with E-state index in [1.54, 1.807) is 4.80 Å². The molecule has 7 nitrogen and oxygen atoms in total. The fourth-order valence-electron chi connectivity index (χ4n) is 2.49. The Bertz CT molecular complexity index is 648. The molecule has 1 fully saturated rings. The summed E-state index contributed by atoms with van der Waals surface area (Å²) in [6.45, 7) is 1.05. The fraction of sp³-hybridized carbons (Fsp3) is 0.538. The van der Waals surface area contributed by atoms with Crippen LogP contribution in [0.5, 0.6) is 0 Å². The van der Waals surface area contributed by atoms with Gasteiger partial charge in [-0.25, -0.2) is 9.97 Å². The molecule has 3 rings (SSSR count). The number of rotatable bonds is 3. The van der Waals surface area contributed by atoms with Crippen LogP contribution < -0.4 is 4.90 Å². The third-order valence-electron chi connectivity index (χ3n) is 3.76. The van der Waals surface area contributed by atoms with Crippen molar-refractivity contribution in [1.82, 2.24) is 25.0 Å². The summed E-state index contributed by atoms with van der Waals surface area (Å²) in [4.78, 5) is 11.0. The first-order chi connectivity index (χ1) is 11.0. The number of aromatic nitrogens is 5. The van der Waals surface area contributed by atoms with Crippen LogP contribution in [-0.2, 0) is 12.8 Å². The second kappa shape index (κ2) is 6.11. The first-order valence-corrected chi connectivity index (χ1v) is 7.13. The van der Waals surface area contributed by atoms with Gasteiger partial charge in [0.25, 0.3) is 0 Å². The maximum absolute atomic E-state index is 12.5. The predicted octanol–water partition coefficient (Wildman–Crippen LogP) is 1.42. The highest BCUT2D eigenvalue weighted by Crippen LogP contribution is 2.29. The lowest BCUT2D eigenvalue weighted by Crippen LogP contribution is -2.36. The molecule has 0 atom stereocenters. The molecule has 1 aliphatic heterocycles. The molecule has 0 aliphatic carbocycles. The number of hydrogen-bond donors (Lipinski definition) is 1. The Kier molecular flexibility index (Phi) is 4.16. The average Bonchev–Trinajstić information content (AvgIpc) is 3.03. The quantitative estimate of drug-likeness (QED) is 0.918. The third-order valence-corrected chi connectivity index (χ3v) is 3.76. The van der Waals surface area contributed by atoms with E-state index in [-0.39, 0.29) is 12.6 Å². The molecule has 23 heavy (non-hydrogen) atoms. The van der Waals surface area contributed by atoms with Crippen LogP contribution in [0.4, 0.5) is 19.1 Å². The molecule has 0 saturated carbocycles. The highest BCUT2D eigenvalue weighted by Gasteiger charge is 2.32. The molecule has 2 aromatic rings. The van der Waals surface area contributed by atoms with E-state index in [9.17, 15) is 13.2 Å². The van der Waals surface area contributed by atoms with Crippen molar-refractivity contribution in [3.8, 4) is 0 Å². The minimum atomic E-state index is -4.43. The highest BCUT2D eigenvalue weighted by atomic mass is 19.4. The molecule has 0 unspecified atom stereocenters. The van der Waals surface area contributed by atoms with Crippen molar-refractivity contribution in [2.75, 3.05) is 18.0 Å². The van der Waals surface area contributed by atoms with Crippen molar-refractivity contribution in [2.45, 2.75) is 31.7 Å². The van der Waals surface area contributed by atoms with Crippen molar-refractivity contribution in [1.29, 1.82) is 0 Å². The van der Waals surface area contributed by atoms with Crippen LogP contribution in [0.15, 0.2) is 18.6 Å². The van der Waals surface area contributed by atoms with Gasteiger partial charge in [-0.05, 0) is 12.8 Å². The zero-order valence-electron chi connectivity index (χ0n) is 12.1. The summed E-state index contributed by atoms with van der Waals surface area (Å²) in [5.74, 6) is 0.293. The van der Waals surface area contributed by atoms with Crippen LogP contribution in [0.1, 0.15) is 30.1 Å². The smallest absolute Gasteiger partial charge is 0.390 e. The summed E-state index contributed by atoms with van der Waals surface area (Å²) < 4.78 is 37.5. The molecule has 1 aliphatic rings. The molecule has 2 aromatic heterocycles. The monoisotopic (exact) mass is 328 g/mol. The Balaban J connectivity index is 1.62. The average molecular weight is 328 g/mol. The number of nitrogens with zero attached hydrogens (tertiary/aromatic N) is 6. The zero-order chi connectivity index (χ0) is 16.4. The molecule has 3 heterocycles. The minimum Gasteiger partial charge on any atom is -0.390 e. The van der Waals surface area contributed by atoms with Gasteiger partial charge >= 0.3 is 6.18 Å². The molecule has 0 aromatic carbocycles. The topological polar surface area (TPSA) is 80.0 Å². The van der Waals surface area contributed by atoms with Gasteiger partial charge in [-0.3, -0.25) is 0 Å². The van der Waals surface area contributed by atoms with Gasteiger partial charge in [0.2, 0.25) is 5.95 Å². The molecule has 0 radical (unpaired) electrons. The van der Waals surface area contributed by atoms with Crippen LogP contribution in [0.3, 0.4) is 0 Å². The number of hydrogen-bond acceptors (Lipinski definition) is 6. The predicted molar refractivity (Wildman–Crippen MR) is 73.5 cm³/mol. The fourth-order valence-corrected chi connectivity index (χ4v) is 2.49. The number of aliphatic hydroxyl groups excluding tert-OH is 1. The normalized spacial score (nSPS) is 16.8. The summed E-state index contributed by atoms with van der Waals surface area (Å²) in [5, 5.41) is 17.3. The Hall–Kier alpha value is -2.23. The lowest BCUT2D eigenvalue weighted by molar-refractivity contribution is -0.138.